The Labute approximate surface area is 101 Å². The molecule has 5 heteroatoms. The van der Waals surface area contributed by atoms with Gasteiger partial charge in [-0.25, -0.2) is 0 Å². The van der Waals surface area contributed by atoms with E-state index in [9.17, 15) is 4.79 Å². The molecule has 1 aromatic heterocycles. The molecule has 0 aliphatic rings. The lowest BCUT2D eigenvalue weighted by Gasteiger charge is -2.08. The number of nitrogens with zero attached hydrogens (tertiary/aromatic N) is 1. The number of fused-ring (bicyclic) bond motifs is 1. The predicted molar refractivity (Wildman–Crippen MR) is 65.2 cm³/mol. The molecule has 84 valence electrons. The van der Waals surface area contributed by atoms with Gasteiger partial charge in [-0.1, -0.05) is 12.1 Å². The van der Waals surface area contributed by atoms with E-state index in [0.717, 1.165) is 15.4 Å². The van der Waals surface area contributed by atoms with E-state index in [2.05, 4.69) is 15.9 Å². The Morgan fingerprint density at radius 1 is 1.56 bits per heavy atom. The molecule has 0 saturated carbocycles. The third kappa shape index (κ3) is 1.62. The maximum absolute atomic E-state index is 10.9. The van der Waals surface area contributed by atoms with E-state index in [1.165, 1.54) is 0 Å². The molecule has 16 heavy (non-hydrogen) atoms. The fourth-order valence-electron chi connectivity index (χ4n) is 1.81. The highest BCUT2D eigenvalue weighted by Gasteiger charge is 2.19. The van der Waals surface area contributed by atoms with Crippen LogP contribution >= 0.6 is 15.9 Å². The monoisotopic (exact) mass is 282 g/mol. The van der Waals surface area contributed by atoms with Gasteiger partial charge in [0.2, 0.25) is 0 Å². The van der Waals surface area contributed by atoms with Crippen LogP contribution in [0.25, 0.3) is 10.9 Å². The first kappa shape index (κ1) is 11.2. The third-order valence-corrected chi connectivity index (χ3v) is 3.27. The van der Waals surface area contributed by atoms with E-state index in [1.807, 2.05) is 25.2 Å². The number of carboxylic acid groups (broad SMARTS) is 1. The number of carboxylic acids is 1. The van der Waals surface area contributed by atoms with Crippen LogP contribution in [0.4, 0.5) is 0 Å². The Hall–Kier alpha value is -1.33. The maximum atomic E-state index is 10.9. The molecular formula is C11H11BrN2O2. The summed E-state index contributed by atoms with van der Waals surface area (Å²) in [5.74, 6) is -1.03. The summed E-state index contributed by atoms with van der Waals surface area (Å²) in [5.41, 5.74) is 7.16. The van der Waals surface area contributed by atoms with Crippen molar-refractivity contribution < 1.29 is 9.90 Å². The van der Waals surface area contributed by atoms with Crippen LogP contribution in [0.15, 0.2) is 28.7 Å². The molecule has 1 aromatic carbocycles. The summed E-state index contributed by atoms with van der Waals surface area (Å²) < 4.78 is 2.73. The van der Waals surface area contributed by atoms with E-state index >= 15 is 0 Å². The number of hydrogen-bond donors (Lipinski definition) is 2. The van der Waals surface area contributed by atoms with Crippen LogP contribution in [-0.2, 0) is 11.8 Å². The van der Waals surface area contributed by atoms with E-state index in [4.69, 9.17) is 10.8 Å². The van der Waals surface area contributed by atoms with Crippen molar-refractivity contribution in [3.63, 3.8) is 0 Å². The number of hydrogen-bond acceptors (Lipinski definition) is 2. The lowest BCUT2D eigenvalue weighted by Crippen LogP contribution is -2.22. The van der Waals surface area contributed by atoms with Crippen LogP contribution in [0.3, 0.4) is 0 Å². The van der Waals surface area contributed by atoms with Gasteiger partial charge in [-0.05, 0) is 28.1 Å². The molecule has 0 aliphatic heterocycles. The molecule has 0 spiro atoms. The standard InChI is InChI=1S/C11H11BrN2O2/c1-14-8(9(13)11(15)16)5-6-3-2-4-7(12)10(6)14/h2-5,9H,13H2,1H3,(H,15,16). The van der Waals surface area contributed by atoms with Crippen molar-refractivity contribution in [2.45, 2.75) is 6.04 Å². The number of nitrogens with two attached hydrogens (primary N) is 1. The second kappa shape index (κ2) is 3.92. The first-order valence-electron chi connectivity index (χ1n) is 4.74. The first-order valence-corrected chi connectivity index (χ1v) is 5.54. The topological polar surface area (TPSA) is 68.2 Å². The fraction of sp³-hybridized carbons (Fsp3) is 0.182. The Morgan fingerprint density at radius 2 is 2.25 bits per heavy atom. The zero-order valence-electron chi connectivity index (χ0n) is 8.64. The normalized spacial score (nSPS) is 12.9. The summed E-state index contributed by atoms with van der Waals surface area (Å²) >= 11 is 3.44. The molecule has 0 aliphatic carbocycles. The molecule has 2 rings (SSSR count). The van der Waals surface area contributed by atoms with Gasteiger partial charge in [0.05, 0.1) is 5.52 Å². The second-order valence-corrected chi connectivity index (χ2v) is 4.48. The van der Waals surface area contributed by atoms with Gasteiger partial charge in [0.25, 0.3) is 0 Å². The number of para-hydroxylation sites is 1. The average Bonchev–Trinajstić information content (AvgIpc) is 2.56. The molecule has 1 unspecified atom stereocenters. The van der Waals surface area contributed by atoms with Crippen LogP contribution in [0.1, 0.15) is 11.7 Å². The fourth-order valence-corrected chi connectivity index (χ4v) is 2.46. The Kier molecular flexibility index (Phi) is 2.73. The smallest absolute Gasteiger partial charge is 0.326 e. The lowest BCUT2D eigenvalue weighted by atomic mass is 10.2. The van der Waals surface area contributed by atoms with Gasteiger partial charge in [0, 0.05) is 22.6 Å². The summed E-state index contributed by atoms with van der Waals surface area (Å²) in [6, 6.07) is 6.56. The molecule has 0 bridgehead atoms. The molecule has 4 nitrogen and oxygen atoms in total. The molecule has 1 heterocycles. The van der Waals surface area contributed by atoms with Crippen molar-refractivity contribution in [2.75, 3.05) is 0 Å². The zero-order valence-corrected chi connectivity index (χ0v) is 10.2. The molecule has 0 saturated heterocycles. The number of carbonyl (C=O) groups is 1. The number of aromatic nitrogens is 1. The van der Waals surface area contributed by atoms with Crippen LogP contribution < -0.4 is 5.73 Å². The number of rotatable bonds is 2. The summed E-state index contributed by atoms with van der Waals surface area (Å²) in [6.45, 7) is 0. The molecule has 0 amide bonds. The Morgan fingerprint density at radius 3 is 2.81 bits per heavy atom. The maximum Gasteiger partial charge on any atom is 0.326 e. The summed E-state index contributed by atoms with van der Waals surface area (Å²) in [5, 5.41) is 9.88. The van der Waals surface area contributed by atoms with Crippen LogP contribution in [0.2, 0.25) is 0 Å². The highest BCUT2D eigenvalue weighted by atomic mass is 79.9. The number of benzene rings is 1. The molecule has 1 atom stereocenters. The van der Waals surface area contributed by atoms with Crippen LogP contribution in [-0.4, -0.2) is 15.6 Å². The van der Waals surface area contributed by atoms with Gasteiger partial charge in [-0.15, -0.1) is 0 Å². The SMILES string of the molecule is Cn1c(C(N)C(=O)O)cc2cccc(Br)c21. The summed E-state index contributed by atoms with van der Waals surface area (Å²) in [7, 11) is 1.81. The van der Waals surface area contributed by atoms with Crippen molar-refractivity contribution in [1.29, 1.82) is 0 Å². The average molecular weight is 283 g/mol. The molecule has 3 N–H and O–H groups in total. The van der Waals surface area contributed by atoms with Gasteiger partial charge in [0.1, 0.15) is 6.04 Å². The highest BCUT2D eigenvalue weighted by molar-refractivity contribution is 9.10. The molecule has 0 radical (unpaired) electrons. The molecular weight excluding hydrogens is 272 g/mol. The van der Waals surface area contributed by atoms with Crippen molar-refractivity contribution in [3.8, 4) is 0 Å². The lowest BCUT2D eigenvalue weighted by molar-refractivity contribution is -0.138. The second-order valence-electron chi connectivity index (χ2n) is 3.62. The van der Waals surface area contributed by atoms with Crippen molar-refractivity contribution in [2.24, 2.45) is 12.8 Å². The van der Waals surface area contributed by atoms with E-state index in [1.54, 1.807) is 10.6 Å². The van der Waals surface area contributed by atoms with E-state index < -0.39 is 12.0 Å². The van der Waals surface area contributed by atoms with E-state index in [0.29, 0.717) is 5.69 Å². The third-order valence-electron chi connectivity index (χ3n) is 2.63. The van der Waals surface area contributed by atoms with Gasteiger partial charge < -0.3 is 15.4 Å². The quantitative estimate of drug-likeness (QED) is 0.886. The minimum atomic E-state index is -1.03. The minimum Gasteiger partial charge on any atom is -0.480 e. The summed E-state index contributed by atoms with van der Waals surface area (Å²) in [4.78, 5) is 10.9. The zero-order chi connectivity index (χ0) is 11.9. The van der Waals surface area contributed by atoms with Crippen molar-refractivity contribution >= 4 is 32.8 Å². The van der Waals surface area contributed by atoms with Gasteiger partial charge >= 0.3 is 5.97 Å². The molecule has 0 fully saturated rings. The van der Waals surface area contributed by atoms with E-state index in [-0.39, 0.29) is 0 Å². The van der Waals surface area contributed by atoms with Gasteiger partial charge in [-0.2, -0.15) is 0 Å². The Bertz CT molecular complexity index is 562. The van der Waals surface area contributed by atoms with Crippen LogP contribution in [0.5, 0.6) is 0 Å². The number of aryl methyl sites for hydroxylation is 1. The highest BCUT2D eigenvalue weighted by Crippen LogP contribution is 2.28. The van der Waals surface area contributed by atoms with Crippen molar-refractivity contribution in [3.05, 3.63) is 34.4 Å². The van der Waals surface area contributed by atoms with Gasteiger partial charge in [0.15, 0.2) is 0 Å². The van der Waals surface area contributed by atoms with Crippen LogP contribution in [0, 0.1) is 0 Å². The minimum absolute atomic E-state index is 0.592. The Balaban J connectivity index is 2.70. The first-order chi connectivity index (χ1) is 7.52. The van der Waals surface area contributed by atoms with Gasteiger partial charge in [-0.3, -0.25) is 4.79 Å². The number of halogens is 1. The van der Waals surface area contributed by atoms with Crippen molar-refractivity contribution in [1.82, 2.24) is 4.57 Å². The predicted octanol–water partition coefficient (Wildman–Crippen LogP) is 2.03. The largest absolute Gasteiger partial charge is 0.480 e. The summed E-state index contributed by atoms with van der Waals surface area (Å²) in [6.07, 6.45) is 0. The molecule has 2 aromatic rings. The number of aliphatic carboxylic acids is 1.